The molecule has 0 aliphatic rings. The highest BCUT2D eigenvalue weighted by atomic mass is 35.5. The lowest BCUT2D eigenvalue weighted by Gasteiger charge is -2.09. The average Bonchev–Trinajstić information content (AvgIpc) is 2.52. The van der Waals surface area contributed by atoms with Crippen LogP contribution in [0.4, 0.5) is 9.18 Å². The number of benzene rings is 2. The van der Waals surface area contributed by atoms with Crippen molar-refractivity contribution in [3.05, 3.63) is 64.9 Å². The van der Waals surface area contributed by atoms with Crippen molar-refractivity contribution >= 4 is 17.6 Å². The number of para-hydroxylation sites is 1. The first-order chi connectivity index (χ1) is 10.6. The van der Waals surface area contributed by atoms with E-state index in [0.29, 0.717) is 11.6 Å². The molecule has 0 spiro atoms. The van der Waals surface area contributed by atoms with E-state index >= 15 is 0 Å². The van der Waals surface area contributed by atoms with Gasteiger partial charge in [-0.25, -0.2) is 9.18 Å². The van der Waals surface area contributed by atoms with E-state index in [0.717, 1.165) is 5.56 Å². The van der Waals surface area contributed by atoms with Crippen LogP contribution < -0.4 is 15.4 Å². The summed E-state index contributed by atoms with van der Waals surface area (Å²) in [6, 6.07) is 13.0. The lowest BCUT2D eigenvalue weighted by atomic mass is 10.2. The van der Waals surface area contributed by atoms with Crippen LogP contribution in [0.3, 0.4) is 0 Å². The van der Waals surface area contributed by atoms with E-state index in [-0.39, 0.29) is 24.9 Å². The summed E-state index contributed by atoms with van der Waals surface area (Å²) >= 11 is 5.78. The van der Waals surface area contributed by atoms with Gasteiger partial charge in [-0.3, -0.25) is 0 Å². The van der Waals surface area contributed by atoms with Gasteiger partial charge in [0.2, 0.25) is 0 Å². The van der Waals surface area contributed by atoms with Crippen molar-refractivity contribution in [1.29, 1.82) is 0 Å². The zero-order chi connectivity index (χ0) is 15.8. The van der Waals surface area contributed by atoms with Gasteiger partial charge in [0.15, 0.2) is 11.6 Å². The van der Waals surface area contributed by atoms with Gasteiger partial charge < -0.3 is 15.4 Å². The van der Waals surface area contributed by atoms with Crippen LogP contribution in [-0.2, 0) is 6.54 Å². The number of carbonyl (C=O) groups is 1. The molecule has 2 N–H and O–H groups in total. The standard InChI is InChI=1S/C16H16ClFN2O2/c17-13-7-5-12(6-8-13)11-20-16(21)19-9-10-22-15-4-2-1-3-14(15)18/h1-8H,9-11H2,(H2,19,20,21). The normalized spacial score (nSPS) is 10.1. The van der Waals surface area contributed by atoms with Gasteiger partial charge in [0.05, 0.1) is 6.54 Å². The summed E-state index contributed by atoms with van der Waals surface area (Å²) in [5.74, 6) is -0.249. The summed E-state index contributed by atoms with van der Waals surface area (Å²) in [7, 11) is 0. The number of ether oxygens (including phenoxy) is 1. The first-order valence-electron chi connectivity index (χ1n) is 6.78. The van der Waals surface area contributed by atoms with Gasteiger partial charge in [-0.2, -0.15) is 0 Å². The number of urea groups is 1. The smallest absolute Gasteiger partial charge is 0.315 e. The highest BCUT2D eigenvalue weighted by molar-refractivity contribution is 6.30. The first-order valence-corrected chi connectivity index (χ1v) is 7.16. The third-order valence-corrected chi connectivity index (χ3v) is 3.10. The van der Waals surface area contributed by atoms with Crippen molar-refractivity contribution in [2.24, 2.45) is 0 Å². The molecule has 2 aromatic carbocycles. The molecule has 0 fully saturated rings. The van der Waals surface area contributed by atoms with Crippen molar-refractivity contribution in [3.8, 4) is 5.75 Å². The van der Waals surface area contributed by atoms with Crippen molar-refractivity contribution in [2.45, 2.75) is 6.54 Å². The summed E-state index contributed by atoms with van der Waals surface area (Å²) in [6.45, 7) is 0.868. The molecule has 0 atom stereocenters. The van der Waals surface area contributed by atoms with Crippen LogP contribution in [0.5, 0.6) is 5.75 Å². The molecule has 2 amide bonds. The van der Waals surface area contributed by atoms with Crippen molar-refractivity contribution in [1.82, 2.24) is 10.6 Å². The molecular formula is C16H16ClFN2O2. The molecule has 0 bridgehead atoms. The Morgan fingerprint density at radius 2 is 1.82 bits per heavy atom. The Hall–Kier alpha value is -2.27. The lowest BCUT2D eigenvalue weighted by Crippen LogP contribution is -2.37. The molecule has 0 saturated carbocycles. The number of nitrogens with one attached hydrogen (secondary N) is 2. The van der Waals surface area contributed by atoms with E-state index in [1.165, 1.54) is 12.1 Å². The molecule has 0 saturated heterocycles. The Morgan fingerprint density at radius 3 is 2.55 bits per heavy atom. The molecule has 4 nitrogen and oxygen atoms in total. The van der Waals surface area contributed by atoms with Crippen LogP contribution in [0.1, 0.15) is 5.56 Å². The average molecular weight is 323 g/mol. The molecule has 0 radical (unpaired) electrons. The summed E-state index contributed by atoms with van der Waals surface area (Å²) in [4.78, 5) is 11.6. The predicted molar refractivity (Wildman–Crippen MR) is 83.6 cm³/mol. The van der Waals surface area contributed by atoms with Gasteiger partial charge in [-0.15, -0.1) is 0 Å². The fourth-order valence-electron chi connectivity index (χ4n) is 1.73. The van der Waals surface area contributed by atoms with E-state index < -0.39 is 5.82 Å². The third-order valence-electron chi connectivity index (χ3n) is 2.85. The van der Waals surface area contributed by atoms with E-state index in [1.807, 2.05) is 12.1 Å². The minimum atomic E-state index is -0.422. The molecule has 2 rings (SSSR count). The SMILES string of the molecule is O=C(NCCOc1ccccc1F)NCc1ccc(Cl)cc1. The monoisotopic (exact) mass is 322 g/mol. The van der Waals surface area contributed by atoms with Gasteiger partial charge in [0.1, 0.15) is 6.61 Å². The summed E-state index contributed by atoms with van der Waals surface area (Å²) in [6.07, 6.45) is 0. The predicted octanol–water partition coefficient (Wildman–Crippen LogP) is 3.36. The van der Waals surface area contributed by atoms with Crippen LogP contribution in [0, 0.1) is 5.82 Å². The number of carbonyl (C=O) groups excluding carboxylic acids is 1. The van der Waals surface area contributed by atoms with Crippen molar-refractivity contribution in [3.63, 3.8) is 0 Å². The molecule has 0 aliphatic heterocycles. The van der Waals surface area contributed by atoms with Crippen LogP contribution in [0.15, 0.2) is 48.5 Å². The van der Waals surface area contributed by atoms with E-state index in [2.05, 4.69) is 10.6 Å². The molecule has 116 valence electrons. The zero-order valence-electron chi connectivity index (χ0n) is 11.8. The minimum Gasteiger partial charge on any atom is -0.489 e. The maximum absolute atomic E-state index is 13.3. The van der Waals surface area contributed by atoms with Crippen LogP contribution in [-0.4, -0.2) is 19.2 Å². The molecule has 0 aliphatic carbocycles. The minimum absolute atomic E-state index is 0.172. The second-order valence-corrected chi connectivity index (χ2v) is 4.95. The Labute approximate surface area is 133 Å². The molecule has 22 heavy (non-hydrogen) atoms. The molecule has 0 aromatic heterocycles. The molecule has 0 unspecified atom stereocenters. The van der Waals surface area contributed by atoms with Crippen LogP contribution in [0.25, 0.3) is 0 Å². The van der Waals surface area contributed by atoms with Crippen LogP contribution >= 0.6 is 11.6 Å². The molecule has 2 aromatic rings. The van der Waals surface area contributed by atoms with Gasteiger partial charge in [0.25, 0.3) is 0 Å². The Bertz CT molecular complexity index is 620. The molecular weight excluding hydrogens is 307 g/mol. The van der Waals surface area contributed by atoms with Gasteiger partial charge >= 0.3 is 6.03 Å². The second-order valence-electron chi connectivity index (χ2n) is 4.51. The number of halogens is 2. The fraction of sp³-hybridized carbons (Fsp3) is 0.188. The second kappa shape index (κ2) is 8.24. The number of rotatable bonds is 6. The maximum Gasteiger partial charge on any atom is 0.315 e. The number of hydrogen-bond acceptors (Lipinski definition) is 2. The highest BCUT2D eigenvalue weighted by Gasteiger charge is 2.03. The van der Waals surface area contributed by atoms with Gasteiger partial charge in [0, 0.05) is 11.6 Å². The fourth-order valence-corrected chi connectivity index (χ4v) is 1.86. The van der Waals surface area contributed by atoms with Gasteiger partial charge in [-0.05, 0) is 29.8 Å². The first kappa shape index (κ1) is 16.1. The number of hydrogen-bond donors (Lipinski definition) is 2. The van der Waals surface area contributed by atoms with Crippen LogP contribution in [0.2, 0.25) is 5.02 Å². The van der Waals surface area contributed by atoms with Crippen molar-refractivity contribution < 1.29 is 13.9 Å². The lowest BCUT2D eigenvalue weighted by molar-refractivity contribution is 0.235. The third kappa shape index (κ3) is 5.26. The Kier molecular flexibility index (Phi) is 6.03. The zero-order valence-corrected chi connectivity index (χ0v) is 12.6. The summed E-state index contributed by atoms with van der Waals surface area (Å²) < 4.78 is 18.5. The van der Waals surface area contributed by atoms with E-state index in [1.54, 1.807) is 24.3 Å². The summed E-state index contributed by atoms with van der Waals surface area (Å²) in [5.41, 5.74) is 0.946. The highest BCUT2D eigenvalue weighted by Crippen LogP contribution is 2.14. The van der Waals surface area contributed by atoms with Gasteiger partial charge in [-0.1, -0.05) is 35.9 Å². The summed E-state index contributed by atoms with van der Waals surface area (Å²) in [5, 5.41) is 5.99. The Morgan fingerprint density at radius 1 is 1.09 bits per heavy atom. The quantitative estimate of drug-likeness (QED) is 0.801. The van der Waals surface area contributed by atoms with E-state index in [9.17, 15) is 9.18 Å². The number of amides is 2. The molecule has 6 heteroatoms. The topological polar surface area (TPSA) is 50.4 Å². The van der Waals surface area contributed by atoms with Crippen molar-refractivity contribution in [2.75, 3.05) is 13.2 Å². The maximum atomic E-state index is 13.3. The molecule has 0 heterocycles. The largest absolute Gasteiger partial charge is 0.489 e. The van der Waals surface area contributed by atoms with E-state index in [4.69, 9.17) is 16.3 Å². The Balaban J connectivity index is 1.64.